The lowest BCUT2D eigenvalue weighted by molar-refractivity contribution is 0.103. The monoisotopic (exact) mass is 569 g/mol. The van der Waals surface area contributed by atoms with Crippen LogP contribution in [0, 0.1) is 11.6 Å². The van der Waals surface area contributed by atoms with Gasteiger partial charge in [0.05, 0.1) is 17.0 Å². The summed E-state index contributed by atoms with van der Waals surface area (Å²) in [6.45, 7) is 1.65. The first-order valence-electron chi connectivity index (χ1n) is 9.96. The van der Waals surface area contributed by atoms with E-state index >= 15 is 4.39 Å². The van der Waals surface area contributed by atoms with E-state index in [9.17, 15) is 17.6 Å². The molecule has 178 valence electrons. The lowest BCUT2D eigenvalue weighted by Gasteiger charge is -2.11. The lowest BCUT2D eigenvalue weighted by Crippen LogP contribution is -2.18. The number of H-pyrrole nitrogens is 1. The number of aromatic amines is 1. The van der Waals surface area contributed by atoms with Gasteiger partial charge in [0, 0.05) is 33.9 Å². The molecule has 11 heteroatoms. The van der Waals surface area contributed by atoms with E-state index in [-0.39, 0.29) is 28.3 Å². The van der Waals surface area contributed by atoms with Crippen LogP contribution >= 0.6 is 28.6 Å². The Hall–Kier alpha value is -2.82. The van der Waals surface area contributed by atoms with Gasteiger partial charge in [-0.2, -0.15) is 0 Å². The Labute approximate surface area is 210 Å². The van der Waals surface area contributed by atoms with E-state index in [0.29, 0.717) is 28.0 Å². The molecular formula is C23H19BrClF2N3O3S. The quantitative estimate of drug-likeness (QED) is 0.262. The second kappa shape index (κ2) is 10.2. The van der Waals surface area contributed by atoms with E-state index in [1.807, 2.05) is 0 Å². The largest absolute Gasteiger partial charge is 0.345 e. The molecule has 0 aliphatic heterocycles. The number of ketones is 1. The maximum absolute atomic E-state index is 15.1. The number of anilines is 1. The molecule has 0 spiro atoms. The van der Waals surface area contributed by atoms with Gasteiger partial charge in [0.15, 0.2) is 5.82 Å². The maximum Gasteiger partial charge on any atom is 0.232 e. The molecule has 0 radical (unpaired) electrons. The number of carbonyl (C=O) groups excluding carboxylic acids is 1. The van der Waals surface area contributed by atoms with Gasteiger partial charge in [-0.3, -0.25) is 9.52 Å². The highest BCUT2D eigenvalue weighted by Gasteiger charge is 2.26. The second-order valence-corrected chi connectivity index (χ2v) is 9.64. The van der Waals surface area contributed by atoms with Crippen LogP contribution in [-0.4, -0.2) is 29.9 Å². The third kappa shape index (κ3) is 5.13. The first-order chi connectivity index (χ1) is 15.7. The molecule has 0 fully saturated rings. The van der Waals surface area contributed by atoms with E-state index < -0.39 is 38.7 Å². The van der Waals surface area contributed by atoms with Crippen molar-refractivity contribution in [3.63, 3.8) is 0 Å². The highest BCUT2D eigenvalue weighted by atomic mass is 79.9. The van der Waals surface area contributed by atoms with Crippen molar-refractivity contribution in [3.05, 3.63) is 82.6 Å². The number of halogens is 4. The number of fused-ring (bicyclic) bond motifs is 1. The van der Waals surface area contributed by atoms with Crippen molar-refractivity contribution in [3.8, 4) is 11.1 Å². The highest BCUT2D eigenvalue weighted by molar-refractivity contribution is 8.93. The summed E-state index contributed by atoms with van der Waals surface area (Å²) in [6, 6.07) is 10.5. The number of rotatable bonds is 7. The van der Waals surface area contributed by atoms with E-state index in [0.717, 1.165) is 17.7 Å². The molecule has 0 amide bonds. The average Bonchev–Trinajstić information content (AvgIpc) is 3.19. The number of carbonyl (C=O) groups is 1. The summed E-state index contributed by atoms with van der Waals surface area (Å²) in [6.07, 6.45) is 3.22. The zero-order valence-corrected chi connectivity index (χ0v) is 21.0. The fourth-order valence-electron chi connectivity index (χ4n) is 3.45. The van der Waals surface area contributed by atoms with Gasteiger partial charge < -0.3 is 4.98 Å². The summed E-state index contributed by atoms with van der Waals surface area (Å²) in [5, 5.41) is 0.925. The van der Waals surface area contributed by atoms with Gasteiger partial charge in [-0.05, 0) is 42.3 Å². The zero-order valence-electron chi connectivity index (χ0n) is 17.7. The molecule has 0 unspecified atom stereocenters. The van der Waals surface area contributed by atoms with Crippen LogP contribution in [0.3, 0.4) is 0 Å². The van der Waals surface area contributed by atoms with Gasteiger partial charge in [-0.25, -0.2) is 22.2 Å². The summed E-state index contributed by atoms with van der Waals surface area (Å²) >= 11 is 5.93. The fourth-order valence-corrected chi connectivity index (χ4v) is 4.71. The van der Waals surface area contributed by atoms with Crippen molar-refractivity contribution in [2.45, 2.75) is 13.3 Å². The molecule has 0 saturated heterocycles. The minimum Gasteiger partial charge on any atom is -0.345 e. The van der Waals surface area contributed by atoms with Crippen molar-refractivity contribution >= 4 is 61.1 Å². The molecule has 0 saturated carbocycles. The summed E-state index contributed by atoms with van der Waals surface area (Å²) in [4.78, 5) is 20.3. The Morgan fingerprint density at radius 2 is 1.82 bits per heavy atom. The van der Waals surface area contributed by atoms with Gasteiger partial charge in [-0.15, -0.1) is 17.0 Å². The average molecular weight is 571 g/mol. The summed E-state index contributed by atoms with van der Waals surface area (Å²) in [5.74, 6) is -3.57. The first-order valence-corrected chi connectivity index (χ1v) is 12.0. The van der Waals surface area contributed by atoms with Gasteiger partial charge >= 0.3 is 0 Å². The smallest absolute Gasteiger partial charge is 0.232 e. The van der Waals surface area contributed by atoms with Crippen molar-refractivity contribution in [1.82, 2.24) is 9.97 Å². The minimum absolute atomic E-state index is 0. The van der Waals surface area contributed by atoms with E-state index in [1.165, 1.54) is 6.20 Å². The molecule has 2 aromatic heterocycles. The molecule has 4 aromatic rings. The van der Waals surface area contributed by atoms with Crippen molar-refractivity contribution in [2.75, 3.05) is 10.5 Å². The lowest BCUT2D eigenvalue weighted by atomic mass is 10.00. The zero-order chi connectivity index (χ0) is 23.8. The number of nitrogens with zero attached hydrogens (tertiary/aromatic N) is 1. The van der Waals surface area contributed by atoms with E-state index in [4.69, 9.17) is 11.6 Å². The molecule has 2 N–H and O–H groups in total. The van der Waals surface area contributed by atoms with Crippen LogP contribution < -0.4 is 4.72 Å². The Bertz CT molecular complexity index is 1480. The van der Waals surface area contributed by atoms with Gasteiger partial charge in [0.2, 0.25) is 15.8 Å². The predicted molar refractivity (Wildman–Crippen MR) is 134 cm³/mol. The van der Waals surface area contributed by atoms with Crippen molar-refractivity contribution < 1.29 is 22.0 Å². The highest BCUT2D eigenvalue weighted by Crippen LogP contribution is 2.30. The summed E-state index contributed by atoms with van der Waals surface area (Å²) in [7, 11) is -3.84. The molecule has 0 aliphatic rings. The third-order valence-corrected chi connectivity index (χ3v) is 6.74. The summed E-state index contributed by atoms with van der Waals surface area (Å²) in [5.41, 5.74) is 0.474. The van der Waals surface area contributed by atoms with Gasteiger partial charge in [0.25, 0.3) is 0 Å². The van der Waals surface area contributed by atoms with Crippen molar-refractivity contribution in [1.29, 1.82) is 0 Å². The Balaban J connectivity index is 0.00000324. The SMILES string of the molecule is Br.CCCS(=O)(=O)Nc1ccc(F)c(C(=O)c2c[nH]c3ncc(-c4ccc(Cl)cc4)cc23)c1F. The third-order valence-electron chi connectivity index (χ3n) is 5.01. The molecule has 6 nitrogen and oxygen atoms in total. The van der Waals surface area contributed by atoms with Crippen LogP contribution in [0.15, 0.2) is 54.9 Å². The van der Waals surface area contributed by atoms with Crippen LogP contribution in [0.25, 0.3) is 22.2 Å². The van der Waals surface area contributed by atoms with E-state index in [2.05, 4.69) is 14.7 Å². The van der Waals surface area contributed by atoms with Crippen molar-refractivity contribution in [2.24, 2.45) is 0 Å². The number of sulfonamides is 1. The van der Waals surface area contributed by atoms with Gasteiger partial charge in [0.1, 0.15) is 11.5 Å². The molecule has 2 aromatic carbocycles. The maximum atomic E-state index is 15.1. The van der Waals surface area contributed by atoms with Crippen LogP contribution in [0.1, 0.15) is 29.3 Å². The molecule has 2 heterocycles. The van der Waals surface area contributed by atoms with Crippen LogP contribution in [0.2, 0.25) is 5.02 Å². The number of benzene rings is 2. The summed E-state index contributed by atoms with van der Waals surface area (Å²) < 4.78 is 55.8. The number of nitrogens with one attached hydrogen (secondary N) is 2. The Morgan fingerprint density at radius 3 is 2.50 bits per heavy atom. The molecule has 4 rings (SSSR count). The van der Waals surface area contributed by atoms with Crippen LogP contribution in [0.4, 0.5) is 14.5 Å². The Kier molecular flexibility index (Phi) is 7.74. The first kappa shape index (κ1) is 25.8. The van der Waals surface area contributed by atoms with Crippen LogP contribution in [0.5, 0.6) is 0 Å². The minimum atomic E-state index is -3.84. The predicted octanol–water partition coefficient (Wildman–Crippen LogP) is 6.12. The molecule has 34 heavy (non-hydrogen) atoms. The fraction of sp³-hybridized carbons (Fsp3) is 0.130. The Morgan fingerprint density at radius 1 is 1.12 bits per heavy atom. The number of pyridine rings is 1. The molecule has 0 aliphatic carbocycles. The molecule has 0 bridgehead atoms. The molecule has 0 atom stereocenters. The van der Waals surface area contributed by atoms with Gasteiger partial charge in [-0.1, -0.05) is 30.7 Å². The normalized spacial score (nSPS) is 11.3. The van der Waals surface area contributed by atoms with Crippen LogP contribution in [-0.2, 0) is 10.0 Å². The number of hydrogen-bond acceptors (Lipinski definition) is 4. The molecular weight excluding hydrogens is 552 g/mol. The topological polar surface area (TPSA) is 91.9 Å². The van der Waals surface area contributed by atoms with E-state index in [1.54, 1.807) is 43.5 Å². The second-order valence-electron chi connectivity index (χ2n) is 7.36. The standard InChI is InChI=1S/C23H18ClF2N3O3S.BrH/c1-2-9-33(31,32)29-19-8-7-18(25)20(21(19)26)22(30)17-12-28-23-16(17)10-14(11-27-23)13-3-5-15(24)6-4-13;/h3-8,10-12,29H,2,9H2,1H3,(H,27,28);1H. The number of hydrogen-bond donors (Lipinski definition) is 2. The number of aromatic nitrogens is 2.